The molecule has 1 saturated heterocycles. The van der Waals surface area contributed by atoms with Crippen molar-refractivity contribution in [3.63, 3.8) is 0 Å². The van der Waals surface area contributed by atoms with Crippen molar-refractivity contribution in [1.82, 2.24) is 9.88 Å². The first-order valence-corrected chi connectivity index (χ1v) is 11.4. The number of piperidine rings is 1. The molecule has 33 heavy (non-hydrogen) atoms. The number of alkyl halides is 3. The first kappa shape index (κ1) is 23.0. The van der Waals surface area contributed by atoms with Crippen LogP contribution in [-0.4, -0.2) is 28.9 Å². The van der Waals surface area contributed by atoms with Crippen LogP contribution in [0.15, 0.2) is 42.5 Å². The van der Waals surface area contributed by atoms with Crippen molar-refractivity contribution in [2.24, 2.45) is 0 Å². The van der Waals surface area contributed by atoms with Gasteiger partial charge in [-0.3, -0.25) is 4.79 Å². The van der Waals surface area contributed by atoms with Crippen LogP contribution in [0.5, 0.6) is 0 Å². The standard InChI is InChI=1S/C25H22F3N3OS/c1-15-5-6-18(12-20(15)13-29)19-4-3-11-31(14-19)24(32)22-16(2)30-23(33-22)17-7-9-21(10-8-17)25(26,27)28/h5-10,12,19H,3-4,11,14H2,1-2H3/t19-/m0/s1. The van der Waals surface area contributed by atoms with Gasteiger partial charge in [0, 0.05) is 24.6 Å². The zero-order valence-corrected chi connectivity index (χ0v) is 19.1. The first-order valence-electron chi connectivity index (χ1n) is 10.6. The van der Waals surface area contributed by atoms with Gasteiger partial charge in [0.05, 0.1) is 22.9 Å². The molecular weight excluding hydrogens is 447 g/mol. The minimum atomic E-state index is -4.39. The summed E-state index contributed by atoms with van der Waals surface area (Å²) in [4.78, 5) is 20.1. The second-order valence-corrected chi connectivity index (χ2v) is 9.28. The van der Waals surface area contributed by atoms with E-state index in [1.807, 2.05) is 30.0 Å². The summed E-state index contributed by atoms with van der Waals surface area (Å²) in [6.07, 6.45) is -2.60. The summed E-state index contributed by atoms with van der Waals surface area (Å²) >= 11 is 1.21. The van der Waals surface area contributed by atoms with Crippen LogP contribution in [0.4, 0.5) is 13.2 Å². The fourth-order valence-corrected chi connectivity index (χ4v) is 5.15. The van der Waals surface area contributed by atoms with Crippen molar-refractivity contribution in [2.45, 2.75) is 38.8 Å². The molecule has 3 aromatic rings. The van der Waals surface area contributed by atoms with Crippen LogP contribution in [-0.2, 0) is 6.18 Å². The van der Waals surface area contributed by atoms with E-state index in [1.54, 1.807) is 6.92 Å². The second-order valence-electron chi connectivity index (χ2n) is 8.29. The third-order valence-electron chi connectivity index (χ3n) is 6.01. The van der Waals surface area contributed by atoms with E-state index in [9.17, 15) is 23.2 Å². The number of hydrogen-bond donors (Lipinski definition) is 0. The van der Waals surface area contributed by atoms with Crippen LogP contribution in [0.1, 0.15) is 56.4 Å². The Morgan fingerprint density at radius 2 is 1.91 bits per heavy atom. The van der Waals surface area contributed by atoms with E-state index in [1.165, 1.54) is 23.5 Å². The molecule has 2 aromatic carbocycles. The predicted octanol–water partition coefficient (Wildman–Crippen LogP) is 6.34. The molecule has 1 aromatic heterocycles. The van der Waals surface area contributed by atoms with Gasteiger partial charge in [0.1, 0.15) is 9.88 Å². The maximum Gasteiger partial charge on any atom is 0.416 e. The Labute approximate surface area is 194 Å². The second kappa shape index (κ2) is 8.99. The average Bonchev–Trinajstić information content (AvgIpc) is 3.20. The van der Waals surface area contributed by atoms with Gasteiger partial charge in [0.2, 0.25) is 0 Å². The SMILES string of the molecule is Cc1ccc([C@H]2CCCN(C(=O)c3sc(-c4ccc(C(F)(F)F)cc4)nc3C)C2)cc1C#N. The van der Waals surface area contributed by atoms with Crippen molar-refractivity contribution >= 4 is 17.2 Å². The van der Waals surface area contributed by atoms with Crippen molar-refractivity contribution in [2.75, 3.05) is 13.1 Å². The van der Waals surface area contributed by atoms with Crippen LogP contribution in [0, 0.1) is 25.2 Å². The molecule has 1 fully saturated rings. The summed E-state index contributed by atoms with van der Waals surface area (Å²) in [5, 5.41) is 9.86. The van der Waals surface area contributed by atoms with Gasteiger partial charge in [-0.2, -0.15) is 18.4 Å². The zero-order valence-electron chi connectivity index (χ0n) is 18.2. The molecule has 2 heterocycles. The topological polar surface area (TPSA) is 57.0 Å². The number of carbonyl (C=O) groups excluding carboxylic acids is 1. The fraction of sp³-hybridized carbons (Fsp3) is 0.320. The minimum absolute atomic E-state index is 0.111. The van der Waals surface area contributed by atoms with Crippen LogP contribution in [0.2, 0.25) is 0 Å². The van der Waals surface area contributed by atoms with Gasteiger partial charge in [-0.1, -0.05) is 24.3 Å². The van der Waals surface area contributed by atoms with Crippen molar-refractivity contribution < 1.29 is 18.0 Å². The Morgan fingerprint density at radius 3 is 2.58 bits per heavy atom. The van der Waals surface area contributed by atoms with E-state index in [2.05, 4.69) is 11.1 Å². The lowest BCUT2D eigenvalue weighted by atomic mass is 9.89. The number of carbonyl (C=O) groups is 1. The van der Waals surface area contributed by atoms with Gasteiger partial charge in [-0.05, 0) is 56.0 Å². The summed E-state index contributed by atoms with van der Waals surface area (Å²) in [7, 11) is 0. The van der Waals surface area contributed by atoms with E-state index >= 15 is 0 Å². The first-order chi connectivity index (χ1) is 15.7. The largest absolute Gasteiger partial charge is 0.416 e. The van der Waals surface area contributed by atoms with Crippen molar-refractivity contribution in [3.05, 3.63) is 75.3 Å². The molecule has 1 aliphatic rings. The number of hydrogen-bond acceptors (Lipinski definition) is 4. The summed E-state index contributed by atoms with van der Waals surface area (Å²) in [6.45, 7) is 4.84. The normalized spacial score (nSPS) is 16.5. The molecule has 170 valence electrons. The van der Waals surface area contributed by atoms with Gasteiger partial charge in [-0.25, -0.2) is 4.98 Å². The van der Waals surface area contributed by atoms with Crippen LogP contribution in [0.25, 0.3) is 10.6 Å². The molecule has 0 spiro atoms. The highest BCUT2D eigenvalue weighted by Gasteiger charge is 2.31. The van der Waals surface area contributed by atoms with E-state index in [4.69, 9.17) is 0 Å². The number of amides is 1. The van der Waals surface area contributed by atoms with Gasteiger partial charge in [-0.15, -0.1) is 11.3 Å². The highest BCUT2D eigenvalue weighted by molar-refractivity contribution is 7.17. The number of rotatable bonds is 3. The van der Waals surface area contributed by atoms with Gasteiger partial charge in [0.25, 0.3) is 5.91 Å². The number of benzene rings is 2. The molecule has 0 unspecified atom stereocenters. The molecule has 8 heteroatoms. The minimum Gasteiger partial charge on any atom is -0.337 e. The Kier molecular flexibility index (Phi) is 6.26. The van der Waals surface area contributed by atoms with E-state index in [0.717, 1.165) is 36.1 Å². The highest BCUT2D eigenvalue weighted by Crippen LogP contribution is 2.34. The summed E-state index contributed by atoms with van der Waals surface area (Å²) < 4.78 is 38.5. The predicted molar refractivity (Wildman–Crippen MR) is 121 cm³/mol. The maximum absolute atomic E-state index is 13.3. The average molecular weight is 470 g/mol. The third kappa shape index (κ3) is 4.79. The van der Waals surface area contributed by atoms with Crippen LogP contribution < -0.4 is 0 Å². The maximum atomic E-state index is 13.3. The number of halogens is 3. The summed E-state index contributed by atoms with van der Waals surface area (Å²) in [6, 6.07) is 12.9. The zero-order chi connectivity index (χ0) is 23.8. The molecule has 1 atom stereocenters. The molecule has 4 nitrogen and oxygen atoms in total. The third-order valence-corrected chi connectivity index (χ3v) is 7.21. The lowest BCUT2D eigenvalue weighted by molar-refractivity contribution is -0.137. The number of thiazole rings is 1. The molecule has 1 aliphatic heterocycles. The lowest BCUT2D eigenvalue weighted by Crippen LogP contribution is -2.39. The summed E-state index contributed by atoms with van der Waals surface area (Å²) in [5.41, 5.74) is 3.04. The van der Waals surface area contributed by atoms with Gasteiger partial charge >= 0.3 is 6.18 Å². The summed E-state index contributed by atoms with van der Waals surface area (Å²) in [5.74, 6) is 0.0403. The van der Waals surface area contributed by atoms with Crippen molar-refractivity contribution in [3.8, 4) is 16.6 Å². The van der Waals surface area contributed by atoms with E-state index < -0.39 is 11.7 Å². The molecule has 0 aliphatic carbocycles. The van der Waals surface area contributed by atoms with E-state index in [-0.39, 0.29) is 11.8 Å². The molecule has 0 radical (unpaired) electrons. The molecule has 0 bridgehead atoms. The molecular formula is C25H22F3N3OS. The van der Waals surface area contributed by atoms with Crippen molar-refractivity contribution in [1.29, 1.82) is 5.26 Å². The quantitative estimate of drug-likeness (QED) is 0.450. The van der Waals surface area contributed by atoms with Crippen LogP contribution in [0.3, 0.4) is 0 Å². The monoisotopic (exact) mass is 469 g/mol. The fourth-order valence-electron chi connectivity index (χ4n) is 4.11. The van der Waals surface area contributed by atoms with Gasteiger partial charge in [0.15, 0.2) is 0 Å². The number of likely N-dealkylation sites (tertiary alicyclic amines) is 1. The van der Waals surface area contributed by atoms with Gasteiger partial charge < -0.3 is 4.90 Å². The Bertz CT molecular complexity index is 1230. The Hall–Kier alpha value is -3.18. The molecule has 4 rings (SSSR count). The van der Waals surface area contributed by atoms with Crippen LogP contribution >= 0.6 is 11.3 Å². The number of aromatic nitrogens is 1. The lowest BCUT2D eigenvalue weighted by Gasteiger charge is -2.33. The molecule has 0 N–H and O–H groups in total. The molecule has 0 saturated carbocycles. The Morgan fingerprint density at radius 1 is 1.18 bits per heavy atom. The van der Waals surface area contributed by atoms with E-state index in [0.29, 0.717) is 39.8 Å². The Balaban J connectivity index is 1.53. The highest BCUT2D eigenvalue weighted by atomic mass is 32.1. The number of nitriles is 1. The molecule has 1 amide bonds. The number of aryl methyl sites for hydroxylation is 2. The smallest absolute Gasteiger partial charge is 0.337 e. The number of nitrogens with zero attached hydrogens (tertiary/aromatic N) is 3.